The molecule has 9 heteroatoms. The van der Waals surface area contributed by atoms with Crippen LogP contribution in [-0.4, -0.2) is 10.2 Å². The third-order valence-electron chi connectivity index (χ3n) is 4.53. The molecule has 1 aliphatic rings. The lowest BCUT2D eigenvalue weighted by molar-refractivity contribution is -0.113. The maximum atomic E-state index is 13.0. The summed E-state index contributed by atoms with van der Waals surface area (Å²) in [4.78, 5) is 15.0. The second-order valence-electron chi connectivity index (χ2n) is 6.69. The third kappa shape index (κ3) is 5.24. The van der Waals surface area contributed by atoms with Crippen LogP contribution >= 0.6 is 79.0 Å². The first-order valence-electron chi connectivity index (χ1n) is 9.22. The second kappa shape index (κ2) is 10.3. The average Bonchev–Trinajstić information content (AvgIpc) is 3.02. The Morgan fingerprint density at radius 3 is 2.34 bits per heavy atom. The quantitative estimate of drug-likeness (QED) is 0.209. The van der Waals surface area contributed by atoms with Gasteiger partial charge in [-0.05, 0) is 86.0 Å². The van der Waals surface area contributed by atoms with Crippen molar-refractivity contribution in [2.45, 2.75) is 6.61 Å². The first kappa shape index (κ1) is 23.8. The normalized spacial score (nSPS) is 15.0. The molecule has 162 valence electrons. The standard InChI is InChI=1S/C23H13Br2Cl2NO2S2/c24-17-9-13(10-18(25)21(17)30-12-14-3-1-2-4-19(14)27)11-20-22(29)28(23(31)32-20)16-7-5-15(26)6-8-16/h1-11H,12H2/b20-11-. The summed E-state index contributed by atoms with van der Waals surface area (Å²) in [5.41, 5.74) is 2.40. The molecular formula is C23H13Br2Cl2NO2S2. The molecule has 0 aliphatic carbocycles. The van der Waals surface area contributed by atoms with Crippen molar-refractivity contribution in [3.8, 4) is 5.75 Å². The van der Waals surface area contributed by atoms with Gasteiger partial charge in [0.1, 0.15) is 12.4 Å². The summed E-state index contributed by atoms with van der Waals surface area (Å²) < 4.78 is 7.94. The van der Waals surface area contributed by atoms with Gasteiger partial charge in [-0.1, -0.05) is 65.4 Å². The van der Waals surface area contributed by atoms with E-state index >= 15 is 0 Å². The van der Waals surface area contributed by atoms with E-state index in [1.807, 2.05) is 42.5 Å². The van der Waals surface area contributed by atoms with E-state index in [4.69, 9.17) is 40.2 Å². The number of hydrogen-bond donors (Lipinski definition) is 0. The van der Waals surface area contributed by atoms with Gasteiger partial charge in [-0.25, -0.2) is 0 Å². The summed E-state index contributed by atoms with van der Waals surface area (Å²) in [6.45, 7) is 0.329. The van der Waals surface area contributed by atoms with Gasteiger partial charge in [-0.2, -0.15) is 0 Å². The molecule has 32 heavy (non-hydrogen) atoms. The molecule has 0 unspecified atom stereocenters. The highest BCUT2D eigenvalue weighted by Gasteiger charge is 2.33. The van der Waals surface area contributed by atoms with E-state index in [1.165, 1.54) is 16.7 Å². The number of anilines is 1. The lowest BCUT2D eigenvalue weighted by Gasteiger charge is -2.14. The first-order valence-corrected chi connectivity index (χ1v) is 12.8. The van der Waals surface area contributed by atoms with Gasteiger partial charge in [-0.15, -0.1) is 0 Å². The molecule has 0 radical (unpaired) electrons. The summed E-state index contributed by atoms with van der Waals surface area (Å²) >= 11 is 26.0. The summed E-state index contributed by atoms with van der Waals surface area (Å²) in [5, 5.41) is 1.25. The van der Waals surface area contributed by atoms with Crippen LogP contribution in [0.1, 0.15) is 11.1 Å². The van der Waals surface area contributed by atoms with Crippen LogP contribution in [0.5, 0.6) is 5.75 Å². The molecule has 0 atom stereocenters. The van der Waals surface area contributed by atoms with Gasteiger partial charge < -0.3 is 4.74 Å². The molecule has 3 aromatic carbocycles. The van der Waals surface area contributed by atoms with E-state index in [-0.39, 0.29) is 5.91 Å². The smallest absolute Gasteiger partial charge is 0.270 e. The van der Waals surface area contributed by atoms with Crippen molar-refractivity contribution < 1.29 is 9.53 Å². The summed E-state index contributed by atoms with van der Waals surface area (Å²) in [7, 11) is 0. The molecule has 0 saturated carbocycles. The Morgan fingerprint density at radius 1 is 1.03 bits per heavy atom. The van der Waals surface area contributed by atoms with Crippen LogP contribution < -0.4 is 9.64 Å². The van der Waals surface area contributed by atoms with E-state index in [2.05, 4.69) is 31.9 Å². The molecule has 1 aliphatic heterocycles. The molecule has 4 rings (SSSR count). The van der Waals surface area contributed by atoms with Crippen molar-refractivity contribution in [3.63, 3.8) is 0 Å². The fourth-order valence-electron chi connectivity index (χ4n) is 3.00. The van der Waals surface area contributed by atoms with Crippen LogP contribution in [0.2, 0.25) is 10.0 Å². The van der Waals surface area contributed by atoms with E-state index in [9.17, 15) is 4.79 Å². The Labute approximate surface area is 222 Å². The van der Waals surface area contributed by atoms with Crippen LogP contribution in [0.25, 0.3) is 6.08 Å². The number of carbonyl (C=O) groups is 1. The number of ether oxygens (including phenoxy) is 1. The molecule has 3 nitrogen and oxygen atoms in total. The predicted molar refractivity (Wildman–Crippen MR) is 145 cm³/mol. The van der Waals surface area contributed by atoms with E-state index in [0.717, 1.165) is 20.1 Å². The molecule has 1 fully saturated rings. The number of halogens is 4. The topological polar surface area (TPSA) is 29.5 Å². The molecule has 3 aromatic rings. The second-order valence-corrected chi connectivity index (χ2v) is 10.9. The van der Waals surface area contributed by atoms with Gasteiger partial charge in [0.15, 0.2) is 4.32 Å². The maximum absolute atomic E-state index is 13.0. The van der Waals surface area contributed by atoms with Crippen LogP contribution in [0.4, 0.5) is 5.69 Å². The average molecular weight is 630 g/mol. The number of carbonyl (C=O) groups excluding carboxylic acids is 1. The molecule has 1 amide bonds. The van der Waals surface area contributed by atoms with Crippen molar-refractivity contribution >= 4 is 101 Å². The van der Waals surface area contributed by atoms with Gasteiger partial charge >= 0.3 is 0 Å². The minimum atomic E-state index is -0.173. The lowest BCUT2D eigenvalue weighted by Crippen LogP contribution is -2.27. The number of amides is 1. The van der Waals surface area contributed by atoms with Crippen LogP contribution in [0.3, 0.4) is 0 Å². The summed E-state index contributed by atoms with van der Waals surface area (Å²) in [6.07, 6.45) is 1.81. The van der Waals surface area contributed by atoms with Crippen LogP contribution in [0, 0.1) is 0 Å². The van der Waals surface area contributed by atoms with Gasteiger partial charge in [0, 0.05) is 15.6 Å². The highest BCUT2D eigenvalue weighted by molar-refractivity contribution is 9.11. The number of nitrogens with zero attached hydrogens (tertiary/aromatic N) is 1. The fraction of sp³-hybridized carbons (Fsp3) is 0.0435. The van der Waals surface area contributed by atoms with E-state index in [0.29, 0.717) is 37.3 Å². The Kier molecular flexibility index (Phi) is 7.65. The van der Waals surface area contributed by atoms with Crippen molar-refractivity contribution in [2.24, 2.45) is 0 Å². The summed E-state index contributed by atoms with van der Waals surface area (Å²) in [5.74, 6) is 0.476. The minimum Gasteiger partial charge on any atom is -0.486 e. The van der Waals surface area contributed by atoms with Crippen molar-refractivity contribution in [3.05, 3.63) is 95.7 Å². The van der Waals surface area contributed by atoms with E-state index < -0.39 is 0 Å². The Bertz CT molecular complexity index is 1230. The zero-order chi connectivity index (χ0) is 22.8. The minimum absolute atomic E-state index is 0.173. The highest BCUT2D eigenvalue weighted by atomic mass is 79.9. The van der Waals surface area contributed by atoms with Crippen molar-refractivity contribution in [1.29, 1.82) is 0 Å². The Balaban J connectivity index is 1.55. The Hall–Kier alpha value is -1.35. The molecule has 1 saturated heterocycles. The third-order valence-corrected chi connectivity index (χ3v) is 7.63. The highest BCUT2D eigenvalue weighted by Crippen LogP contribution is 2.39. The number of benzene rings is 3. The zero-order valence-corrected chi connectivity index (χ0v) is 22.5. The van der Waals surface area contributed by atoms with Gasteiger partial charge in [-0.3, -0.25) is 9.69 Å². The molecule has 0 bridgehead atoms. The largest absolute Gasteiger partial charge is 0.486 e. The molecule has 1 heterocycles. The SMILES string of the molecule is O=C1/C(=C/c2cc(Br)c(OCc3ccccc3Cl)c(Br)c2)SC(=S)N1c1ccc(Cl)cc1. The van der Waals surface area contributed by atoms with Gasteiger partial charge in [0.05, 0.1) is 19.5 Å². The molecule has 0 spiro atoms. The molecule has 0 aromatic heterocycles. The maximum Gasteiger partial charge on any atom is 0.270 e. The van der Waals surface area contributed by atoms with Gasteiger partial charge in [0.2, 0.25) is 0 Å². The van der Waals surface area contributed by atoms with Crippen LogP contribution in [0.15, 0.2) is 74.5 Å². The van der Waals surface area contributed by atoms with Crippen LogP contribution in [-0.2, 0) is 11.4 Å². The predicted octanol–water partition coefficient (Wildman–Crippen LogP) is 8.50. The molecule has 0 N–H and O–H groups in total. The van der Waals surface area contributed by atoms with Gasteiger partial charge in [0.25, 0.3) is 5.91 Å². The first-order chi connectivity index (χ1) is 15.3. The summed E-state index contributed by atoms with van der Waals surface area (Å²) in [6, 6.07) is 18.3. The number of thioether (sulfide) groups is 1. The lowest BCUT2D eigenvalue weighted by atomic mass is 10.2. The monoisotopic (exact) mass is 627 g/mol. The van der Waals surface area contributed by atoms with Crippen molar-refractivity contribution in [2.75, 3.05) is 4.90 Å². The number of thiocarbonyl (C=S) groups is 1. The fourth-order valence-corrected chi connectivity index (χ4v) is 6.06. The Morgan fingerprint density at radius 2 is 1.69 bits per heavy atom. The zero-order valence-electron chi connectivity index (χ0n) is 16.2. The van der Waals surface area contributed by atoms with E-state index in [1.54, 1.807) is 24.3 Å². The molecular weight excluding hydrogens is 617 g/mol. The van der Waals surface area contributed by atoms with Crippen molar-refractivity contribution in [1.82, 2.24) is 0 Å². The number of hydrogen-bond acceptors (Lipinski definition) is 4. The number of rotatable bonds is 5.